The van der Waals surface area contributed by atoms with Gasteiger partial charge in [0, 0.05) is 31.3 Å². The van der Waals surface area contributed by atoms with Crippen LogP contribution in [0.1, 0.15) is 58.2 Å². The molecule has 1 aromatic rings. The fourth-order valence-corrected chi connectivity index (χ4v) is 2.21. The maximum Gasteiger partial charge on any atom is 0.246 e. The van der Waals surface area contributed by atoms with Gasteiger partial charge in [-0.05, 0) is 34.6 Å². The van der Waals surface area contributed by atoms with Crippen molar-refractivity contribution in [2.24, 2.45) is 0 Å². The van der Waals surface area contributed by atoms with E-state index in [0.29, 0.717) is 5.75 Å². The van der Waals surface area contributed by atoms with Gasteiger partial charge in [-0.2, -0.15) is 0 Å². The fraction of sp³-hybridized carbons (Fsp3) is 0.526. The Hall–Kier alpha value is -1.77. The van der Waals surface area contributed by atoms with Crippen molar-refractivity contribution in [3.8, 4) is 5.75 Å². The van der Waals surface area contributed by atoms with Crippen LogP contribution in [-0.4, -0.2) is 30.0 Å². The highest BCUT2D eigenvalue weighted by atomic mass is 16.3. The van der Waals surface area contributed by atoms with E-state index < -0.39 is 0 Å². The molecular formula is C19H29NO2. The van der Waals surface area contributed by atoms with Crippen molar-refractivity contribution in [2.75, 3.05) is 14.1 Å². The summed E-state index contributed by atoms with van der Waals surface area (Å²) in [5.74, 6) is 0.304. The molecule has 22 heavy (non-hydrogen) atoms. The number of nitrogens with zero attached hydrogens (tertiary/aromatic N) is 1. The molecule has 1 N–H and O–H groups in total. The van der Waals surface area contributed by atoms with Crippen LogP contribution in [0.5, 0.6) is 5.75 Å². The first kappa shape index (κ1) is 18.3. The summed E-state index contributed by atoms with van der Waals surface area (Å²) in [4.78, 5) is 13.3. The van der Waals surface area contributed by atoms with Gasteiger partial charge in [-0.15, -0.1) is 0 Å². The second kappa shape index (κ2) is 6.15. The highest BCUT2D eigenvalue weighted by Gasteiger charge is 2.26. The quantitative estimate of drug-likeness (QED) is 0.836. The molecule has 0 aliphatic rings. The Labute approximate surface area is 134 Å². The van der Waals surface area contributed by atoms with Gasteiger partial charge in [0.15, 0.2) is 0 Å². The lowest BCUT2D eigenvalue weighted by Gasteiger charge is -2.27. The zero-order chi connectivity index (χ0) is 17.3. The molecule has 0 bridgehead atoms. The summed E-state index contributed by atoms with van der Waals surface area (Å²) in [7, 11) is 3.45. The van der Waals surface area contributed by atoms with Gasteiger partial charge in [0.25, 0.3) is 0 Å². The third-order valence-electron chi connectivity index (χ3n) is 3.61. The molecule has 122 valence electrons. The monoisotopic (exact) mass is 303 g/mol. The normalized spacial score (nSPS) is 12.7. The first-order chi connectivity index (χ1) is 9.84. The molecule has 0 heterocycles. The summed E-state index contributed by atoms with van der Waals surface area (Å²) >= 11 is 0. The molecule has 0 unspecified atom stereocenters. The first-order valence-electron chi connectivity index (χ1n) is 7.61. The lowest BCUT2D eigenvalue weighted by Crippen LogP contribution is -2.19. The van der Waals surface area contributed by atoms with E-state index in [1.807, 2.05) is 18.2 Å². The van der Waals surface area contributed by atoms with Crippen LogP contribution in [0.25, 0.3) is 6.08 Å². The Morgan fingerprint density at radius 1 is 1.00 bits per heavy atom. The van der Waals surface area contributed by atoms with Crippen molar-refractivity contribution in [1.82, 2.24) is 4.90 Å². The number of aromatic hydroxyl groups is 1. The standard InChI is InChI=1S/C19H29NO2/c1-18(2,3)14-11-13(9-10-16(21)20(7)8)12-15(17(14)22)19(4,5)6/h9-12,22H,1-8H3. The van der Waals surface area contributed by atoms with E-state index in [2.05, 4.69) is 41.5 Å². The van der Waals surface area contributed by atoms with Gasteiger partial charge in [-0.1, -0.05) is 41.5 Å². The Morgan fingerprint density at radius 2 is 1.41 bits per heavy atom. The second-order valence-electron chi connectivity index (χ2n) is 8.03. The number of likely N-dealkylation sites (N-methyl/N-ethyl adjacent to an activating group) is 1. The van der Waals surface area contributed by atoms with Crippen molar-refractivity contribution in [3.05, 3.63) is 34.9 Å². The zero-order valence-corrected chi connectivity index (χ0v) is 15.1. The predicted octanol–water partition coefficient (Wildman–Crippen LogP) is 4.09. The van der Waals surface area contributed by atoms with E-state index in [1.54, 1.807) is 20.2 Å². The lowest BCUT2D eigenvalue weighted by atomic mass is 9.78. The summed E-state index contributed by atoms with van der Waals surface area (Å²) in [6, 6.07) is 3.92. The van der Waals surface area contributed by atoms with Gasteiger partial charge in [-0.3, -0.25) is 4.79 Å². The first-order valence-corrected chi connectivity index (χ1v) is 7.61. The predicted molar refractivity (Wildman–Crippen MR) is 93.2 cm³/mol. The number of hydrogen-bond acceptors (Lipinski definition) is 2. The zero-order valence-electron chi connectivity index (χ0n) is 15.1. The molecule has 1 amide bonds. The van der Waals surface area contributed by atoms with Crippen LogP contribution in [0.3, 0.4) is 0 Å². The van der Waals surface area contributed by atoms with E-state index in [0.717, 1.165) is 16.7 Å². The molecule has 1 rings (SSSR count). The van der Waals surface area contributed by atoms with Crippen molar-refractivity contribution < 1.29 is 9.90 Å². The summed E-state index contributed by atoms with van der Waals surface area (Å²) in [5.41, 5.74) is 2.40. The van der Waals surface area contributed by atoms with Gasteiger partial charge in [-0.25, -0.2) is 0 Å². The minimum atomic E-state index is -0.167. The second-order valence-corrected chi connectivity index (χ2v) is 8.03. The molecule has 0 aliphatic carbocycles. The molecule has 0 radical (unpaired) electrons. The summed E-state index contributed by atoms with van der Waals surface area (Å²) in [6.07, 6.45) is 3.37. The maximum absolute atomic E-state index is 11.7. The van der Waals surface area contributed by atoms with Crippen LogP contribution in [0.4, 0.5) is 0 Å². The number of benzene rings is 1. The third kappa shape index (κ3) is 4.36. The lowest BCUT2D eigenvalue weighted by molar-refractivity contribution is -0.123. The van der Waals surface area contributed by atoms with Crippen molar-refractivity contribution in [1.29, 1.82) is 0 Å². The van der Waals surface area contributed by atoms with Crippen LogP contribution in [0.2, 0.25) is 0 Å². The van der Waals surface area contributed by atoms with Crippen molar-refractivity contribution in [2.45, 2.75) is 52.4 Å². The van der Waals surface area contributed by atoms with Crippen LogP contribution >= 0.6 is 0 Å². The topological polar surface area (TPSA) is 40.5 Å². The fourth-order valence-electron chi connectivity index (χ4n) is 2.21. The number of phenolic OH excluding ortho intramolecular Hbond substituents is 1. The third-order valence-corrected chi connectivity index (χ3v) is 3.61. The van der Waals surface area contributed by atoms with Gasteiger partial charge in [0.2, 0.25) is 5.91 Å². The molecular weight excluding hydrogens is 274 g/mol. The average Bonchev–Trinajstić information content (AvgIpc) is 2.33. The number of hydrogen-bond donors (Lipinski definition) is 1. The molecule has 3 nitrogen and oxygen atoms in total. The molecule has 0 atom stereocenters. The number of carbonyl (C=O) groups is 1. The molecule has 0 saturated carbocycles. The number of rotatable bonds is 2. The largest absolute Gasteiger partial charge is 0.507 e. The maximum atomic E-state index is 11.7. The molecule has 3 heteroatoms. The molecule has 0 spiro atoms. The van der Waals surface area contributed by atoms with E-state index in [-0.39, 0.29) is 16.7 Å². The van der Waals surface area contributed by atoms with Gasteiger partial charge in [0.05, 0.1) is 0 Å². The van der Waals surface area contributed by atoms with Crippen LogP contribution in [0.15, 0.2) is 18.2 Å². The minimum Gasteiger partial charge on any atom is -0.507 e. The van der Waals surface area contributed by atoms with E-state index in [9.17, 15) is 9.90 Å². The highest BCUT2D eigenvalue weighted by molar-refractivity contribution is 5.91. The summed E-state index contributed by atoms with van der Waals surface area (Å²) < 4.78 is 0. The molecule has 0 aromatic heterocycles. The highest BCUT2D eigenvalue weighted by Crippen LogP contribution is 2.39. The Bertz CT molecular complexity index is 549. The number of carbonyl (C=O) groups excluding carboxylic acids is 1. The van der Waals surface area contributed by atoms with E-state index in [1.165, 1.54) is 4.90 Å². The minimum absolute atomic E-state index is 0.0531. The van der Waals surface area contributed by atoms with Crippen molar-refractivity contribution in [3.63, 3.8) is 0 Å². The van der Waals surface area contributed by atoms with Crippen LogP contribution in [-0.2, 0) is 15.6 Å². The van der Waals surface area contributed by atoms with Crippen LogP contribution < -0.4 is 0 Å². The molecule has 0 saturated heterocycles. The smallest absolute Gasteiger partial charge is 0.246 e. The van der Waals surface area contributed by atoms with Gasteiger partial charge in [0.1, 0.15) is 5.75 Å². The Kier molecular flexibility index (Phi) is 5.11. The van der Waals surface area contributed by atoms with E-state index >= 15 is 0 Å². The Morgan fingerprint density at radius 3 is 1.73 bits per heavy atom. The average molecular weight is 303 g/mol. The summed E-state index contributed by atoms with van der Waals surface area (Å²) in [5, 5.41) is 10.7. The van der Waals surface area contributed by atoms with Gasteiger partial charge >= 0.3 is 0 Å². The molecule has 0 aliphatic heterocycles. The molecule has 1 aromatic carbocycles. The van der Waals surface area contributed by atoms with Crippen molar-refractivity contribution >= 4 is 12.0 Å². The number of amides is 1. The Balaban J connectivity index is 3.45. The summed E-state index contributed by atoms with van der Waals surface area (Å²) in [6.45, 7) is 12.5. The van der Waals surface area contributed by atoms with Crippen LogP contribution in [0, 0.1) is 0 Å². The van der Waals surface area contributed by atoms with Gasteiger partial charge < -0.3 is 10.0 Å². The number of phenols is 1. The van der Waals surface area contributed by atoms with E-state index in [4.69, 9.17) is 0 Å². The molecule has 0 fully saturated rings. The SMILES string of the molecule is CN(C)C(=O)C=Cc1cc(C(C)(C)C)c(O)c(C(C)(C)C)c1.